The van der Waals surface area contributed by atoms with Gasteiger partial charge in [-0.3, -0.25) is 0 Å². The minimum Gasteiger partial charge on any atom is -0.393 e. The van der Waals surface area contributed by atoms with Crippen LogP contribution in [0.15, 0.2) is 0 Å². The fraction of sp³-hybridized carbons (Fsp3) is 0.706. The smallest absolute Gasteiger partial charge is 0.166 e. The second kappa shape index (κ2) is 8.80. The van der Waals surface area contributed by atoms with Crippen LogP contribution in [0.3, 0.4) is 0 Å². The molecule has 2 N–H and O–H groups in total. The number of likely N-dealkylation sites (tertiary alicyclic amines) is 1. The summed E-state index contributed by atoms with van der Waals surface area (Å²) in [5.41, 5.74) is 2.57. The van der Waals surface area contributed by atoms with Crippen LogP contribution in [-0.4, -0.2) is 52.5 Å². The predicted molar refractivity (Wildman–Crippen MR) is 90.3 cm³/mol. The van der Waals surface area contributed by atoms with Gasteiger partial charge in [0.1, 0.15) is 11.6 Å². The van der Waals surface area contributed by atoms with Gasteiger partial charge in [0.2, 0.25) is 0 Å². The quantitative estimate of drug-likeness (QED) is 0.745. The largest absolute Gasteiger partial charge is 0.393 e. The number of hydrogen-bond acceptors (Lipinski definition) is 6. The number of aliphatic hydroxyl groups is 1. The number of piperidine rings is 1. The zero-order chi connectivity index (χ0) is 16.7. The molecule has 1 aromatic rings. The van der Waals surface area contributed by atoms with Gasteiger partial charge in [-0.25, -0.2) is 0 Å². The standard InChI is InChI=1S/C17H27N5O/c1-3-14-15(12-18)17(21-20-16(14)4-2)19-8-5-9-22-10-6-13(23)7-11-22/h13,23H,3-11H2,1-2H3,(H,19,21). The minimum absolute atomic E-state index is 0.123. The molecule has 0 aliphatic carbocycles. The summed E-state index contributed by atoms with van der Waals surface area (Å²) in [6, 6.07) is 2.28. The third kappa shape index (κ3) is 4.63. The number of aryl methyl sites for hydroxylation is 1. The van der Waals surface area contributed by atoms with Gasteiger partial charge in [-0.15, -0.1) is 5.10 Å². The summed E-state index contributed by atoms with van der Waals surface area (Å²) in [7, 11) is 0. The Hall–Kier alpha value is -1.71. The molecule has 1 fully saturated rings. The van der Waals surface area contributed by atoms with Gasteiger partial charge < -0.3 is 15.3 Å². The van der Waals surface area contributed by atoms with E-state index in [-0.39, 0.29) is 6.10 Å². The number of aromatic nitrogens is 2. The first-order chi connectivity index (χ1) is 11.2. The molecule has 0 bridgehead atoms. The monoisotopic (exact) mass is 317 g/mol. The number of nitrogens with zero attached hydrogens (tertiary/aromatic N) is 4. The van der Waals surface area contributed by atoms with E-state index >= 15 is 0 Å². The van der Waals surface area contributed by atoms with Crippen LogP contribution in [0.2, 0.25) is 0 Å². The number of nitrogens with one attached hydrogen (secondary N) is 1. The van der Waals surface area contributed by atoms with Crippen molar-refractivity contribution in [3.8, 4) is 6.07 Å². The molecule has 1 aliphatic heterocycles. The van der Waals surface area contributed by atoms with E-state index in [9.17, 15) is 10.4 Å². The molecule has 126 valence electrons. The average Bonchev–Trinajstić information content (AvgIpc) is 2.59. The Balaban J connectivity index is 1.87. The van der Waals surface area contributed by atoms with Crippen molar-refractivity contribution >= 4 is 5.82 Å². The van der Waals surface area contributed by atoms with Gasteiger partial charge >= 0.3 is 0 Å². The van der Waals surface area contributed by atoms with Gasteiger partial charge in [-0.2, -0.15) is 10.4 Å². The van der Waals surface area contributed by atoms with Crippen LogP contribution < -0.4 is 5.32 Å². The molecule has 23 heavy (non-hydrogen) atoms. The lowest BCUT2D eigenvalue weighted by molar-refractivity contribution is 0.0825. The lowest BCUT2D eigenvalue weighted by Gasteiger charge is -2.29. The van der Waals surface area contributed by atoms with E-state index in [0.29, 0.717) is 11.4 Å². The summed E-state index contributed by atoms with van der Waals surface area (Å²) < 4.78 is 0. The summed E-state index contributed by atoms with van der Waals surface area (Å²) in [5.74, 6) is 0.607. The molecule has 0 spiro atoms. The summed E-state index contributed by atoms with van der Waals surface area (Å²) in [6.07, 6.45) is 4.20. The Bertz CT molecular complexity index is 547. The molecule has 0 aromatic carbocycles. The van der Waals surface area contributed by atoms with Crippen LogP contribution >= 0.6 is 0 Å². The first-order valence-electron chi connectivity index (χ1n) is 8.62. The van der Waals surface area contributed by atoms with Crippen molar-refractivity contribution in [3.63, 3.8) is 0 Å². The number of aliphatic hydroxyl groups excluding tert-OH is 1. The van der Waals surface area contributed by atoms with Crippen molar-refractivity contribution in [1.29, 1.82) is 5.26 Å². The van der Waals surface area contributed by atoms with Crippen LogP contribution in [0.1, 0.15) is 49.9 Å². The second-order valence-corrected chi connectivity index (χ2v) is 6.02. The number of rotatable bonds is 7. The maximum Gasteiger partial charge on any atom is 0.166 e. The molecule has 0 radical (unpaired) electrons. The molecule has 0 saturated carbocycles. The van der Waals surface area contributed by atoms with Gasteiger partial charge in [0, 0.05) is 19.6 Å². The van der Waals surface area contributed by atoms with Gasteiger partial charge in [0.15, 0.2) is 5.82 Å². The highest BCUT2D eigenvalue weighted by atomic mass is 16.3. The van der Waals surface area contributed by atoms with Crippen molar-refractivity contribution in [2.24, 2.45) is 0 Å². The Labute approximate surface area is 138 Å². The lowest BCUT2D eigenvalue weighted by Crippen LogP contribution is -2.36. The zero-order valence-electron chi connectivity index (χ0n) is 14.2. The van der Waals surface area contributed by atoms with Gasteiger partial charge in [0.05, 0.1) is 11.8 Å². The molecule has 1 saturated heterocycles. The number of nitriles is 1. The Morgan fingerprint density at radius 3 is 2.61 bits per heavy atom. The van der Waals surface area contributed by atoms with Crippen LogP contribution in [0, 0.1) is 11.3 Å². The molecule has 1 aliphatic rings. The molecule has 0 amide bonds. The molecule has 6 heteroatoms. The fourth-order valence-corrected chi connectivity index (χ4v) is 3.07. The molecule has 0 unspecified atom stereocenters. The SMILES string of the molecule is CCc1nnc(NCCCN2CCC(O)CC2)c(C#N)c1CC. The summed E-state index contributed by atoms with van der Waals surface area (Å²) in [5, 5.41) is 30.7. The lowest BCUT2D eigenvalue weighted by atomic mass is 10.0. The first-order valence-corrected chi connectivity index (χ1v) is 8.62. The van der Waals surface area contributed by atoms with E-state index in [4.69, 9.17) is 0 Å². The second-order valence-electron chi connectivity index (χ2n) is 6.02. The Morgan fingerprint density at radius 2 is 2.00 bits per heavy atom. The maximum absolute atomic E-state index is 9.51. The highest BCUT2D eigenvalue weighted by molar-refractivity contribution is 5.56. The number of hydrogen-bond donors (Lipinski definition) is 2. The normalized spacial score (nSPS) is 16.3. The fourth-order valence-electron chi connectivity index (χ4n) is 3.07. The van der Waals surface area contributed by atoms with Crippen molar-refractivity contribution in [2.75, 3.05) is 31.5 Å². The molecule has 2 heterocycles. The molecule has 1 aromatic heterocycles. The molecule has 0 atom stereocenters. The molecular weight excluding hydrogens is 290 g/mol. The third-order valence-corrected chi connectivity index (χ3v) is 4.46. The van der Waals surface area contributed by atoms with Gasteiger partial charge in [0.25, 0.3) is 0 Å². The van der Waals surface area contributed by atoms with E-state index in [1.54, 1.807) is 0 Å². The van der Waals surface area contributed by atoms with Crippen molar-refractivity contribution in [2.45, 2.75) is 52.1 Å². The van der Waals surface area contributed by atoms with E-state index in [0.717, 1.165) is 69.5 Å². The highest BCUT2D eigenvalue weighted by Gasteiger charge is 2.17. The number of anilines is 1. The Morgan fingerprint density at radius 1 is 1.26 bits per heavy atom. The van der Waals surface area contributed by atoms with Gasteiger partial charge in [-0.1, -0.05) is 13.8 Å². The Kier molecular flexibility index (Phi) is 6.75. The van der Waals surface area contributed by atoms with Gasteiger partial charge in [-0.05, 0) is 44.2 Å². The first kappa shape index (κ1) is 17.6. The van der Waals surface area contributed by atoms with Crippen LogP contribution in [0.5, 0.6) is 0 Å². The van der Waals surface area contributed by atoms with Crippen molar-refractivity contribution < 1.29 is 5.11 Å². The topological polar surface area (TPSA) is 85.1 Å². The molecular formula is C17H27N5O. The van der Waals surface area contributed by atoms with E-state index in [2.05, 4.69) is 26.5 Å². The van der Waals surface area contributed by atoms with E-state index in [1.807, 2.05) is 13.8 Å². The van der Waals surface area contributed by atoms with E-state index < -0.39 is 0 Å². The predicted octanol–water partition coefficient (Wildman–Crippen LogP) is 1.73. The van der Waals surface area contributed by atoms with Crippen molar-refractivity contribution in [1.82, 2.24) is 15.1 Å². The maximum atomic E-state index is 9.51. The minimum atomic E-state index is -0.123. The van der Waals surface area contributed by atoms with Crippen molar-refractivity contribution in [3.05, 3.63) is 16.8 Å². The zero-order valence-corrected chi connectivity index (χ0v) is 14.2. The molecule has 2 rings (SSSR count). The third-order valence-electron chi connectivity index (χ3n) is 4.46. The summed E-state index contributed by atoms with van der Waals surface area (Å²) in [4.78, 5) is 2.38. The average molecular weight is 317 g/mol. The van der Waals surface area contributed by atoms with Crippen LogP contribution in [0.4, 0.5) is 5.82 Å². The summed E-state index contributed by atoms with van der Waals surface area (Å²) in [6.45, 7) is 7.80. The van der Waals surface area contributed by atoms with Crippen LogP contribution in [-0.2, 0) is 12.8 Å². The van der Waals surface area contributed by atoms with Crippen LogP contribution in [0.25, 0.3) is 0 Å². The highest BCUT2D eigenvalue weighted by Crippen LogP contribution is 2.20. The summed E-state index contributed by atoms with van der Waals surface area (Å²) >= 11 is 0. The van der Waals surface area contributed by atoms with E-state index in [1.165, 1.54) is 0 Å². The molecule has 6 nitrogen and oxygen atoms in total.